The molecule has 0 amide bonds. The van der Waals surface area contributed by atoms with Crippen LogP contribution in [-0.2, 0) is 0 Å². The standard InChI is InChI=1S/C42H26O/c1-2-10-30-25-31(22-19-27(30)9-1)28-17-20-29(21-18-28)41-35-12-3-5-14-37(35)42(38-15-6-4-13-36(38)41)32-23-24-34-33-11-7-8-16-39(33)43-40(34)26-32/h1-26H/i1D,2D,9D,10D,19D,22D,25D. The van der Waals surface area contributed by atoms with E-state index in [1.165, 1.54) is 0 Å². The highest BCUT2D eigenvalue weighted by Crippen LogP contribution is 2.45. The van der Waals surface area contributed by atoms with Crippen molar-refractivity contribution in [3.8, 4) is 33.4 Å². The quantitative estimate of drug-likeness (QED) is 0.198. The molecule has 0 fully saturated rings. The number of fused-ring (bicyclic) bond motifs is 6. The van der Waals surface area contributed by atoms with Crippen molar-refractivity contribution in [2.45, 2.75) is 0 Å². The van der Waals surface area contributed by atoms with E-state index in [1.54, 1.807) is 0 Å². The van der Waals surface area contributed by atoms with Gasteiger partial charge in [-0.25, -0.2) is 0 Å². The van der Waals surface area contributed by atoms with E-state index in [1.807, 2.05) is 66.7 Å². The van der Waals surface area contributed by atoms with Gasteiger partial charge in [-0.1, -0.05) is 133 Å². The van der Waals surface area contributed by atoms with Crippen molar-refractivity contribution in [1.82, 2.24) is 0 Å². The van der Waals surface area contributed by atoms with E-state index in [-0.39, 0.29) is 40.5 Å². The lowest BCUT2D eigenvalue weighted by molar-refractivity contribution is 0.669. The third-order valence-electron chi connectivity index (χ3n) is 8.31. The molecule has 1 heteroatoms. The molecule has 0 radical (unpaired) electrons. The van der Waals surface area contributed by atoms with Gasteiger partial charge < -0.3 is 4.42 Å². The summed E-state index contributed by atoms with van der Waals surface area (Å²) in [4.78, 5) is 0. The molecule has 200 valence electrons. The van der Waals surface area contributed by atoms with Crippen molar-refractivity contribution in [3.05, 3.63) is 158 Å². The summed E-state index contributed by atoms with van der Waals surface area (Å²) >= 11 is 0. The number of furan rings is 1. The van der Waals surface area contributed by atoms with Crippen LogP contribution in [0.3, 0.4) is 0 Å². The molecule has 0 saturated heterocycles. The third kappa shape index (κ3) is 3.79. The van der Waals surface area contributed by atoms with E-state index >= 15 is 0 Å². The summed E-state index contributed by atoms with van der Waals surface area (Å²) in [5.41, 5.74) is 6.52. The minimum absolute atomic E-state index is 0.0514. The van der Waals surface area contributed by atoms with E-state index in [0.29, 0.717) is 5.56 Å². The van der Waals surface area contributed by atoms with Gasteiger partial charge in [0.05, 0.1) is 9.60 Å². The number of hydrogen-bond acceptors (Lipinski definition) is 1. The summed E-state index contributed by atoms with van der Waals surface area (Å²) in [5, 5.41) is 6.31. The largest absolute Gasteiger partial charge is 0.456 e. The molecule has 0 spiro atoms. The van der Waals surface area contributed by atoms with E-state index in [9.17, 15) is 0 Å². The maximum absolute atomic E-state index is 8.98. The van der Waals surface area contributed by atoms with Gasteiger partial charge in [0, 0.05) is 10.8 Å². The van der Waals surface area contributed by atoms with Gasteiger partial charge >= 0.3 is 0 Å². The normalized spacial score (nSPS) is 14.0. The summed E-state index contributed by atoms with van der Waals surface area (Å²) < 4.78 is 65.8. The minimum Gasteiger partial charge on any atom is -0.456 e. The monoisotopic (exact) mass is 553 g/mol. The van der Waals surface area contributed by atoms with Crippen molar-refractivity contribution in [2.24, 2.45) is 0 Å². The maximum atomic E-state index is 8.98. The first-order valence-corrected chi connectivity index (χ1v) is 14.2. The van der Waals surface area contributed by atoms with Crippen LogP contribution in [0.2, 0.25) is 0 Å². The Hall–Kier alpha value is -5.66. The summed E-state index contributed by atoms with van der Waals surface area (Å²) in [5.74, 6) is 0. The molecule has 43 heavy (non-hydrogen) atoms. The fourth-order valence-corrected chi connectivity index (χ4v) is 6.36. The molecule has 1 aromatic heterocycles. The zero-order valence-electron chi connectivity index (χ0n) is 29.9. The van der Waals surface area contributed by atoms with E-state index in [4.69, 9.17) is 14.0 Å². The van der Waals surface area contributed by atoms with Crippen LogP contribution in [0.15, 0.2) is 162 Å². The fraction of sp³-hybridized carbons (Fsp3) is 0. The second-order valence-electron chi connectivity index (χ2n) is 10.7. The van der Waals surface area contributed by atoms with E-state index in [0.717, 1.165) is 65.7 Å². The highest BCUT2D eigenvalue weighted by Gasteiger charge is 2.17. The van der Waals surface area contributed by atoms with Crippen LogP contribution in [0, 0.1) is 0 Å². The first kappa shape index (κ1) is 18.0. The molecule has 0 saturated carbocycles. The van der Waals surface area contributed by atoms with Gasteiger partial charge in [0.1, 0.15) is 11.2 Å². The lowest BCUT2D eigenvalue weighted by atomic mass is 9.85. The molecule has 8 aromatic carbocycles. The predicted molar refractivity (Wildman–Crippen MR) is 183 cm³/mol. The molecular weight excluding hydrogens is 520 g/mol. The number of benzene rings is 8. The van der Waals surface area contributed by atoms with Gasteiger partial charge in [-0.15, -0.1) is 0 Å². The first-order valence-electron chi connectivity index (χ1n) is 17.7. The second-order valence-corrected chi connectivity index (χ2v) is 10.7. The number of hydrogen-bond donors (Lipinski definition) is 0. The van der Waals surface area contributed by atoms with E-state index < -0.39 is 18.1 Å². The molecule has 1 nitrogen and oxygen atoms in total. The van der Waals surface area contributed by atoms with Crippen LogP contribution < -0.4 is 0 Å². The smallest absolute Gasteiger partial charge is 0.136 e. The molecule has 0 aliphatic heterocycles. The molecular formula is C42H26O. The zero-order valence-corrected chi connectivity index (χ0v) is 22.9. The van der Waals surface area contributed by atoms with Crippen molar-refractivity contribution in [3.63, 3.8) is 0 Å². The van der Waals surface area contributed by atoms with Gasteiger partial charge in [-0.05, 0) is 89.9 Å². The zero-order chi connectivity index (χ0) is 34.4. The van der Waals surface area contributed by atoms with Gasteiger partial charge in [0.15, 0.2) is 0 Å². The first-order chi connectivity index (χ1) is 24.2. The van der Waals surface area contributed by atoms with Crippen molar-refractivity contribution >= 4 is 54.3 Å². The Morgan fingerprint density at radius 1 is 0.395 bits per heavy atom. The summed E-state index contributed by atoms with van der Waals surface area (Å²) in [6, 6.07) is 36.3. The molecule has 0 unspecified atom stereocenters. The van der Waals surface area contributed by atoms with Gasteiger partial charge in [0.2, 0.25) is 0 Å². The van der Waals surface area contributed by atoms with Crippen molar-refractivity contribution < 1.29 is 14.0 Å². The Morgan fingerprint density at radius 2 is 0.930 bits per heavy atom. The Labute approximate surface area is 259 Å². The Kier molecular flexibility index (Phi) is 3.95. The molecule has 0 aliphatic carbocycles. The Bertz CT molecular complexity index is 2830. The highest BCUT2D eigenvalue weighted by molar-refractivity contribution is 6.22. The number of rotatable bonds is 3. The molecule has 0 atom stereocenters. The lowest BCUT2D eigenvalue weighted by Crippen LogP contribution is -1.91. The van der Waals surface area contributed by atoms with Crippen LogP contribution in [-0.4, -0.2) is 0 Å². The van der Waals surface area contributed by atoms with Crippen molar-refractivity contribution in [2.75, 3.05) is 0 Å². The molecule has 0 bridgehead atoms. The molecule has 1 heterocycles. The molecule has 9 rings (SSSR count). The van der Waals surface area contributed by atoms with Crippen molar-refractivity contribution in [1.29, 1.82) is 0 Å². The van der Waals surface area contributed by atoms with Gasteiger partial charge in [-0.2, -0.15) is 0 Å². The summed E-state index contributed by atoms with van der Waals surface area (Å²) in [7, 11) is 0. The molecule has 9 aromatic rings. The van der Waals surface area contributed by atoms with E-state index in [2.05, 4.69) is 48.5 Å². The van der Waals surface area contributed by atoms with Gasteiger partial charge in [0.25, 0.3) is 0 Å². The topological polar surface area (TPSA) is 13.1 Å². The molecule has 0 aliphatic rings. The lowest BCUT2D eigenvalue weighted by Gasteiger charge is -2.18. The van der Waals surface area contributed by atoms with Crippen LogP contribution in [0.25, 0.3) is 87.6 Å². The summed E-state index contributed by atoms with van der Waals surface area (Å²) in [6.07, 6.45) is 0. The highest BCUT2D eigenvalue weighted by atomic mass is 16.3. The third-order valence-corrected chi connectivity index (χ3v) is 8.31. The number of para-hydroxylation sites is 1. The Balaban J connectivity index is 1.25. The molecule has 0 N–H and O–H groups in total. The minimum atomic E-state index is -0.479. The SMILES string of the molecule is [2H]c1c([2H])c([2H])c2c([2H])c(-c3ccc(-c4c5ccccc5c(-c5ccc6c(c5)oc5ccccc56)c5ccccc45)cc3)c([2H])c([2H])c2c1[2H]. The van der Waals surface area contributed by atoms with Crippen LogP contribution in [0.4, 0.5) is 0 Å². The van der Waals surface area contributed by atoms with Gasteiger partial charge in [-0.3, -0.25) is 0 Å². The average Bonchev–Trinajstić information content (AvgIpc) is 3.52. The predicted octanol–water partition coefficient (Wildman–Crippen LogP) is 12.0. The Morgan fingerprint density at radius 3 is 1.63 bits per heavy atom. The van der Waals surface area contributed by atoms with Crippen LogP contribution in [0.1, 0.15) is 9.60 Å². The summed E-state index contributed by atoms with van der Waals surface area (Å²) in [6.45, 7) is 0. The average molecular weight is 554 g/mol. The van der Waals surface area contributed by atoms with Crippen LogP contribution >= 0.6 is 0 Å². The maximum Gasteiger partial charge on any atom is 0.136 e. The second kappa shape index (κ2) is 9.44. The fourth-order valence-electron chi connectivity index (χ4n) is 6.36. The van der Waals surface area contributed by atoms with Crippen LogP contribution in [0.5, 0.6) is 0 Å².